The number of likely N-dealkylation sites (N-methyl/N-ethyl adjacent to an activating group) is 1. The molecule has 0 aromatic heterocycles. The summed E-state index contributed by atoms with van der Waals surface area (Å²) in [5.74, 6) is 1.73. The van der Waals surface area contributed by atoms with Crippen LogP contribution in [-0.4, -0.2) is 19.9 Å². The van der Waals surface area contributed by atoms with E-state index in [9.17, 15) is 0 Å². The van der Waals surface area contributed by atoms with Crippen LogP contribution >= 0.6 is 0 Å². The van der Waals surface area contributed by atoms with Gasteiger partial charge in [-0.2, -0.15) is 0 Å². The van der Waals surface area contributed by atoms with Gasteiger partial charge in [0.05, 0.1) is 0 Å². The average Bonchev–Trinajstić information content (AvgIpc) is 2.96. The van der Waals surface area contributed by atoms with Crippen molar-refractivity contribution in [1.82, 2.24) is 5.32 Å². The lowest BCUT2D eigenvalue weighted by atomic mass is 10.0. The zero-order chi connectivity index (χ0) is 14.7. The smallest absolute Gasteiger partial charge is 0.231 e. The molecule has 1 aliphatic rings. The van der Waals surface area contributed by atoms with Crippen LogP contribution in [0.1, 0.15) is 46.6 Å². The van der Waals surface area contributed by atoms with Crippen molar-refractivity contribution in [1.29, 1.82) is 0 Å². The Hall–Kier alpha value is -1.22. The molecule has 1 unspecified atom stereocenters. The highest BCUT2D eigenvalue weighted by atomic mass is 16.7. The van der Waals surface area contributed by atoms with Crippen LogP contribution in [0, 0.1) is 0 Å². The summed E-state index contributed by atoms with van der Waals surface area (Å²) in [7, 11) is 2.00. The molecule has 0 radical (unpaired) electrons. The lowest BCUT2D eigenvalue weighted by Crippen LogP contribution is -2.26. The Labute approximate surface area is 118 Å². The van der Waals surface area contributed by atoms with Gasteiger partial charge in [0.15, 0.2) is 11.5 Å². The van der Waals surface area contributed by atoms with E-state index in [1.807, 2.05) is 40.8 Å². The van der Waals surface area contributed by atoms with Gasteiger partial charge >= 0.3 is 0 Å². The Morgan fingerprint density at radius 1 is 1.11 bits per heavy atom. The van der Waals surface area contributed by atoms with Gasteiger partial charge in [-0.25, -0.2) is 0 Å². The second-order valence-electron chi connectivity index (χ2n) is 3.79. The molecule has 0 bridgehead atoms. The van der Waals surface area contributed by atoms with Gasteiger partial charge in [-0.1, -0.05) is 40.7 Å². The topological polar surface area (TPSA) is 30.5 Å². The van der Waals surface area contributed by atoms with Crippen LogP contribution in [-0.2, 0) is 6.42 Å². The Morgan fingerprint density at radius 3 is 2.32 bits per heavy atom. The fourth-order valence-corrected chi connectivity index (χ4v) is 1.80. The van der Waals surface area contributed by atoms with Crippen LogP contribution in [0.5, 0.6) is 11.5 Å². The maximum atomic E-state index is 5.35. The van der Waals surface area contributed by atoms with Gasteiger partial charge in [-0.15, -0.1) is 0 Å². The van der Waals surface area contributed by atoms with Gasteiger partial charge in [-0.05, 0) is 37.6 Å². The number of nitrogens with one attached hydrogen (secondary N) is 1. The number of hydrogen-bond donors (Lipinski definition) is 1. The number of ether oxygens (including phenoxy) is 2. The van der Waals surface area contributed by atoms with E-state index in [1.54, 1.807) is 0 Å². The lowest BCUT2D eigenvalue weighted by Gasteiger charge is -2.13. The Kier molecular flexibility index (Phi) is 9.99. The van der Waals surface area contributed by atoms with Crippen molar-refractivity contribution in [2.45, 2.75) is 53.5 Å². The van der Waals surface area contributed by atoms with Crippen LogP contribution in [0.3, 0.4) is 0 Å². The van der Waals surface area contributed by atoms with Crippen LogP contribution < -0.4 is 14.8 Å². The summed E-state index contributed by atoms with van der Waals surface area (Å²) < 4.78 is 10.6. The predicted molar refractivity (Wildman–Crippen MR) is 82.1 cm³/mol. The number of benzene rings is 1. The summed E-state index contributed by atoms with van der Waals surface area (Å²) in [6.07, 6.45) is 2.16. The van der Waals surface area contributed by atoms with Gasteiger partial charge in [-0.3, -0.25) is 0 Å². The predicted octanol–water partition coefficient (Wildman–Crippen LogP) is 4.01. The molecule has 1 heterocycles. The molecule has 19 heavy (non-hydrogen) atoms. The van der Waals surface area contributed by atoms with E-state index in [2.05, 4.69) is 24.4 Å². The third kappa shape index (κ3) is 5.52. The second-order valence-corrected chi connectivity index (χ2v) is 3.79. The molecule has 0 spiro atoms. The first-order valence-electron chi connectivity index (χ1n) is 7.39. The minimum atomic E-state index is 0.349. The molecule has 2 rings (SSSR count). The number of hydrogen-bond acceptors (Lipinski definition) is 3. The highest BCUT2D eigenvalue weighted by molar-refractivity contribution is 5.44. The molecule has 1 aromatic carbocycles. The van der Waals surface area contributed by atoms with Gasteiger partial charge in [0.25, 0.3) is 0 Å². The molecule has 0 saturated heterocycles. The summed E-state index contributed by atoms with van der Waals surface area (Å²) in [6.45, 7) is 10.5. The molecular formula is C16H29NO2. The van der Waals surface area contributed by atoms with Gasteiger partial charge in [0.2, 0.25) is 6.79 Å². The maximum Gasteiger partial charge on any atom is 0.231 e. The molecule has 0 amide bonds. The zero-order valence-corrected chi connectivity index (χ0v) is 13.2. The molecule has 0 fully saturated rings. The normalized spacial score (nSPS) is 12.7. The molecule has 0 saturated carbocycles. The van der Waals surface area contributed by atoms with Crippen molar-refractivity contribution in [3.8, 4) is 11.5 Å². The van der Waals surface area contributed by atoms with E-state index < -0.39 is 0 Å². The minimum absolute atomic E-state index is 0.349. The third-order valence-corrected chi connectivity index (χ3v) is 2.82. The quantitative estimate of drug-likeness (QED) is 0.894. The Balaban J connectivity index is 0.000000741. The van der Waals surface area contributed by atoms with Crippen LogP contribution in [0.4, 0.5) is 0 Å². The summed E-state index contributed by atoms with van der Waals surface area (Å²) >= 11 is 0. The van der Waals surface area contributed by atoms with Crippen molar-refractivity contribution in [3.05, 3.63) is 23.8 Å². The first-order valence-corrected chi connectivity index (χ1v) is 7.39. The van der Waals surface area contributed by atoms with E-state index in [4.69, 9.17) is 9.47 Å². The van der Waals surface area contributed by atoms with E-state index >= 15 is 0 Å². The summed E-state index contributed by atoms with van der Waals surface area (Å²) in [6, 6.07) is 6.70. The van der Waals surface area contributed by atoms with E-state index in [0.717, 1.165) is 24.3 Å². The highest BCUT2D eigenvalue weighted by Gasteiger charge is 2.14. The Morgan fingerprint density at radius 2 is 1.74 bits per heavy atom. The van der Waals surface area contributed by atoms with Crippen LogP contribution in [0.15, 0.2) is 18.2 Å². The van der Waals surface area contributed by atoms with E-state index in [1.165, 1.54) is 5.56 Å². The molecule has 110 valence electrons. The average molecular weight is 267 g/mol. The SMILES string of the molecule is CC.CC.CCC(Cc1ccc2c(c1)OCO2)NC. The van der Waals surface area contributed by atoms with Crippen molar-refractivity contribution in [2.24, 2.45) is 0 Å². The highest BCUT2D eigenvalue weighted by Crippen LogP contribution is 2.32. The summed E-state index contributed by atoms with van der Waals surface area (Å²) in [5, 5.41) is 3.30. The number of rotatable bonds is 4. The molecular weight excluding hydrogens is 238 g/mol. The fourth-order valence-electron chi connectivity index (χ4n) is 1.80. The molecule has 1 aromatic rings. The second kappa shape index (κ2) is 10.7. The molecule has 0 aliphatic carbocycles. The lowest BCUT2D eigenvalue weighted by molar-refractivity contribution is 0.174. The summed E-state index contributed by atoms with van der Waals surface area (Å²) in [5.41, 5.74) is 1.29. The van der Waals surface area contributed by atoms with E-state index in [-0.39, 0.29) is 0 Å². The zero-order valence-electron chi connectivity index (χ0n) is 13.2. The van der Waals surface area contributed by atoms with Crippen molar-refractivity contribution < 1.29 is 9.47 Å². The molecule has 3 heteroatoms. The van der Waals surface area contributed by atoms with Gasteiger partial charge in [0.1, 0.15) is 0 Å². The fraction of sp³-hybridized carbons (Fsp3) is 0.625. The number of fused-ring (bicyclic) bond motifs is 1. The third-order valence-electron chi connectivity index (χ3n) is 2.82. The van der Waals surface area contributed by atoms with Gasteiger partial charge < -0.3 is 14.8 Å². The molecule has 1 atom stereocenters. The molecule has 1 N–H and O–H groups in total. The molecule has 1 aliphatic heterocycles. The van der Waals surface area contributed by atoms with Crippen LogP contribution in [0.25, 0.3) is 0 Å². The van der Waals surface area contributed by atoms with Crippen molar-refractivity contribution in [2.75, 3.05) is 13.8 Å². The largest absolute Gasteiger partial charge is 0.454 e. The van der Waals surface area contributed by atoms with E-state index in [0.29, 0.717) is 12.8 Å². The molecule has 3 nitrogen and oxygen atoms in total. The first kappa shape index (κ1) is 17.8. The standard InChI is InChI=1S/C12H17NO2.2C2H6/c1-3-10(13-2)6-9-4-5-11-12(7-9)15-8-14-11;2*1-2/h4-5,7,10,13H,3,6,8H2,1-2H3;2*1-2H3. The minimum Gasteiger partial charge on any atom is -0.454 e. The maximum absolute atomic E-state index is 5.35. The monoisotopic (exact) mass is 267 g/mol. The van der Waals surface area contributed by atoms with Crippen LogP contribution in [0.2, 0.25) is 0 Å². The van der Waals surface area contributed by atoms with Crippen molar-refractivity contribution >= 4 is 0 Å². The summed E-state index contributed by atoms with van der Waals surface area (Å²) in [4.78, 5) is 0. The van der Waals surface area contributed by atoms with Crippen molar-refractivity contribution in [3.63, 3.8) is 0 Å². The first-order chi connectivity index (χ1) is 9.33. The Bertz CT molecular complexity index is 336. The van der Waals surface area contributed by atoms with Gasteiger partial charge in [0, 0.05) is 6.04 Å².